The second-order valence-electron chi connectivity index (χ2n) is 5.45. The number of para-hydroxylation sites is 1. The van der Waals surface area contributed by atoms with Crippen molar-refractivity contribution in [3.8, 4) is 11.8 Å². The number of fused-ring (bicyclic) bond motifs is 1. The highest BCUT2D eigenvalue weighted by Gasteiger charge is 2.10. The number of nitrogens with one attached hydrogen (secondary N) is 1. The summed E-state index contributed by atoms with van der Waals surface area (Å²) in [5.74, 6) is 0.568. The highest BCUT2D eigenvalue weighted by molar-refractivity contribution is 6.30. The zero-order chi connectivity index (χ0) is 17.6. The normalized spacial score (nSPS) is 10.4. The monoisotopic (exact) mass is 353 g/mol. The highest BCUT2D eigenvalue weighted by Crippen LogP contribution is 2.20. The number of carbonyl (C=O) groups is 1. The SMILES string of the molecule is N#Cc1cn(CC(=O)NCCOc2ccc(Cl)cc2)c2ccccc12. The fourth-order valence-electron chi connectivity index (χ4n) is 2.57. The van der Waals surface area contributed by atoms with Crippen molar-refractivity contribution in [2.75, 3.05) is 13.2 Å². The molecule has 0 saturated heterocycles. The smallest absolute Gasteiger partial charge is 0.240 e. The summed E-state index contributed by atoms with van der Waals surface area (Å²) in [6, 6.07) is 16.7. The average Bonchev–Trinajstić information content (AvgIpc) is 2.98. The minimum Gasteiger partial charge on any atom is -0.492 e. The summed E-state index contributed by atoms with van der Waals surface area (Å²) in [6.07, 6.45) is 1.70. The van der Waals surface area contributed by atoms with Crippen molar-refractivity contribution in [3.63, 3.8) is 0 Å². The third-order valence-electron chi connectivity index (χ3n) is 3.73. The molecule has 0 unspecified atom stereocenters. The van der Waals surface area contributed by atoms with Crippen LogP contribution in [-0.4, -0.2) is 23.6 Å². The third kappa shape index (κ3) is 4.11. The van der Waals surface area contributed by atoms with E-state index in [9.17, 15) is 10.1 Å². The lowest BCUT2D eigenvalue weighted by molar-refractivity contribution is -0.121. The Morgan fingerprint density at radius 1 is 1.20 bits per heavy atom. The Kier molecular flexibility index (Phi) is 5.22. The number of hydrogen-bond acceptors (Lipinski definition) is 3. The molecule has 0 saturated carbocycles. The summed E-state index contributed by atoms with van der Waals surface area (Å²) in [6.45, 7) is 0.915. The van der Waals surface area contributed by atoms with E-state index in [0.717, 1.165) is 10.9 Å². The van der Waals surface area contributed by atoms with Gasteiger partial charge in [0.15, 0.2) is 0 Å². The van der Waals surface area contributed by atoms with Crippen LogP contribution in [-0.2, 0) is 11.3 Å². The lowest BCUT2D eigenvalue weighted by Crippen LogP contribution is -2.31. The van der Waals surface area contributed by atoms with Gasteiger partial charge < -0.3 is 14.6 Å². The largest absolute Gasteiger partial charge is 0.492 e. The van der Waals surface area contributed by atoms with Crippen LogP contribution >= 0.6 is 11.6 Å². The topological polar surface area (TPSA) is 67.0 Å². The van der Waals surface area contributed by atoms with Crippen LogP contribution in [0.4, 0.5) is 0 Å². The Labute approximate surface area is 150 Å². The molecule has 2 aromatic carbocycles. The molecule has 0 radical (unpaired) electrons. The first-order valence-corrected chi connectivity index (χ1v) is 8.18. The van der Waals surface area contributed by atoms with E-state index in [1.54, 1.807) is 35.0 Å². The molecule has 0 aliphatic carbocycles. The Bertz CT molecular complexity index is 926. The number of ether oxygens (including phenoxy) is 1. The third-order valence-corrected chi connectivity index (χ3v) is 3.98. The Morgan fingerprint density at radius 2 is 1.96 bits per heavy atom. The van der Waals surface area contributed by atoms with Crippen LogP contribution in [0.2, 0.25) is 5.02 Å². The zero-order valence-corrected chi connectivity index (χ0v) is 14.2. The van der Waals surface area contributed by atoms with Gasteiger partial charge in [0, 0.05) is 22.1 Å². The van der Waals surface area contributed by atoms with Gasteiger partial charge in [-0.1, -0.05) is 29.8 Å². The molecule has 0 aliphatic rings. The molecule has 0 atom stereocenters. The maximum Gasteiger partial charge on any atom is 0.240 e. The number of halogens is 1. The summed E-state index contributed by atoms with van der Waals surface area (Å²) < 4.78 is 7.31. The first kappa shape index (κ1) is 16.9. The van der Waals surface area contributed by atoms with Gasteiger partial charge in [-0.25, -0.2) is 0 Å². The molecule has 0 aliphatic heterocycles. The number of aromatic nitrogens is 1. The van der Waals surface area contributed by atoms with Crippen LogP contribution in [0.3, 0.4) is 0 Å². The average molecular weight is 354 g/mol. The number of amides is 1. The lowest BCUT2D eigenvalue weighted by atomic mass is 10.2. The van der Waals surface area contributed by atoms with Gasteiger partial charge in [0.05, 0.1) is 12.1 Å². The van der Waals surface area contributed by atoms with Gasteiger partial charge in [-0.3, -0.25) is 4.79 Å². The predicted molar refractivity (Wildman–Crippen MR) is 96.6 cm³/mol. The molecule has 126 valence electrons. The minimum absolute atomic E-state index is 0.134. The van der Waals surface area contributed by atoms with Gasteiger partial charge in [-0.15, -0.1) is 0 Å². The van der Waals surface area contributed by atoms with Crippen LogP contribution < -0.4 is 10.1 Å². The number of hydrogen-bond donors (Lipinski definition) is 1. The molecule has 0 spiro atoms. The molecular weight excluding hydrogens is 338 g/mol. The van der Waals surface area contributed by atoms with Crippen LogP contribution in [0, 0.1) is 11.3 Å². The first-order valence-electron chi connectivity index (χ1n) is 7.80. The molecule has 25 heavy (non-hydrogen) atoms. The second-order valence-corrected chi connectivity index (χ2v) is 5.89. The molecule has 1 N–H and O–H groups in total. The molecule has 1 heterocycles. The van der Waals surface area contributed by atoms with Gasteiger partial charge in [0.2, 0.25) is 5.91 Å². The number of nitriles is 1. The van der Waals surface area contributed by atoms with E-state index < -0.39 is 0 Å². The Balaban J connectivity index is 1.53. The number of benzene rings is 2. The molecule has 5 nitrogen and oxygen atoms in total. The molecule has 0 fully saturated rings. The lowest BCUT2D eigenvalue weighted by Gasteiger charge is -2.09. The van der Waals surface area contributed by atoms with Crippen LogP contribution in [0.25, 0.3) is 10.9 Å². The van der Waals surface area contributed by atoms with E-state index in [0.29, 0.717) is 29.5 Å². The van der Waals surface area contributed by atoms with Gasteiger partial charge in [0.25, 0.3) is 0 Å². The maximum absolute atomic E-state index is 12.1. The molecule has 3 aromatic rings. The van der Waals surface area contributed by atoms with E-state index in [2.05, 4.69) is 11.4 Å². The van der Waals surface area contributed by atoms with Crippen LogP contribution in [0.5, 0.6) is 5.75 Å². The molecule has 1 amide bonds. The Morgan fingerprint density at radius 3 is 2.72 bits per heavy atom. The van der Waals surface area contributed by atoms with Crippen LogP contribution in [0.1, 0.15) is 5.56 Å². The second kappa shape index (κ2) is 7.73. The Hall–Kier alpha value is -2.97. The molecule has 6 heteroatoms. The minimum atomic E-state index is -0.134. The molecule has 1 aromatic heterocycles. The highest BCUT2D eigenvalue weighted by atomic mass is 35.5. The van der Waals surface area contributed by atoms with E-state index >= 15 is 0 Å². The number of rotatable bonds is 6. The van der Waals surface area contributed by atoms with E-state index in [4.69, 9.17) is 16.3 Å². The van der Waals surface area contributed by atoms with Crippen molar-refractivity contribution in [2.24, 2.45) is 0 Å². The summed E-state index contributed by atoms with van der Waals surface area (Å²) >= 11 is 5.81. The molecule has 3 rings (SSSR count). The number of nitrogens with zero attached hydrogens (tertiary/aromatic N) is 2. The predicted octanol–water partition coefficient (Wildman–Crippen LogP) is 3.36. The standard InChI is InChI=1S/C19H16ClN3O2/c20-15-5-7-16(8-6-15)25-10-9-22-19(24)13-23-12-14(11-21)17-3-1-2-4-18(17)23/h1-8,12H,9-10,13H2,(H,22,24). The van der Waals surface area contributed by atoms with Crippen molar-refractivity contribution in [2.45, 2.75) is 6.54 Å². The van der Waals surface area contributed by atoms with Crippen LogP contribution in [0.15, 0.2) is 54.7 Å². The van der Waals surface area contributed by atoms with Crippen molar-refractivity contribution in [3.05, 3.63) is 65.3 Å². The summed E-state index contributed by atoms with van der Waals surface area (Å²) in [4.78, 5) is 12.1. The van der Waals surface area contributed by atoms with Crippen molar-refractivity contribution in [1.29, 1.82) is 5.26 Å². The van der Waals surface area contributed by atoms with Gasteiger partial charge in [-0.2, -0.15) is 5.26 Å². The fourth-order valence-corrected chi connectivity index (χ4v) is 2.69. The van der Waals surface area contributed by atoms with Gasteiger partial charge >= 0.3 is 0 Å². The van der Waals surface area contributed by atoms with E-state index in [1.165, 1.54) is 0 Å². The van der Waals surface area contributed by atoms with E-state index in [1.807, 2.05) is 24.3 Å². The van der Waals surface area contributed by atoms with E-state index in [-0.39, 0.29) is 12.5 Å². The quantitative estimate of drug-likeness (QED) is 0.691. The molecular formula is C19H16ClN3O2. The summed E-state index contributed by atoms with van der Waals surface area (Å²) in [5.41, 5.74) is 1.43. The first-order chi connectivity index (χ1) is 12.2. The molecule has 0 bridgehead atoms. The van der Waals surface area contributed by atoms with Gasteiger partial charge in [0.1, 0.15) is 25.0 Å². The summed E-state index contributed by atoms with van der Waals surface area (Å²) in [5, 5.41) is 13.5. The van der Waals surface area contributed by atoms with Crippen molar-refractivity contribution < 1.29 is 9.53 Å². The summed E-state index contributed by atoms with van der Waals surface area (Å²) in [7, 11) is 0. The number of carbonyl (C=O) groups excluding carboxylic acids is 1. The van der Waals surface area contributed by atoms with Crippen molar-refractivity contribution in [1.82, 2.24) is 9.88 Å². The van der Waals surface area contributed by atoms with Gasteiger partial charge in [-0.05, 0) is 30.3 Å². The maximum atomic E-state index is 12.1. The van der Waals surface area contributed by atoms with Crippen molar-refractivity contribution >= 4 is 28.4 Å². The zero-order valence-electron chi connectivity index (χ0n) is 13.4. The fraction of sp³-hybridized carbons (Fsp3) is 0.158.